The van der Waals surface area contributed by atoms with Gasteiger partial charge in [-0.3, -0.25) is 4.57 Å². The molecule has 13 aromatic carbocycles. The first-order chi connectivity index (χ1) is 46.6. The van der Waals surface area contributed by atoms with Gasteiger partial charge in [-0.15, -0.1) is 0 Å². The van der Waals surface area contributed by atoms with Crippen LogP contribution in [0, 0.1) is 0 Å². The third kappa shape index (κ3) is 8.67. The lowest BCUT2D eigenvalue weighted by molar-refractivity contribution is 0.953. The van der Waals surface area contributed by atoms with E-state index >= 15 is 0 Å². The minimum absolute atomic E-state index is 0.555. The summed E-state index contributed by atoms with van der Waals surface area (Å²) >= 11 is 0. The Bertz CT molecular complexity index is 6090. The van der Waals surface area contributed by atoms with Crippen LogP contribution in [0.3, 0.4) is 0 Å². The van der Waals surface area contributed by atoms with E-state index in [1.807, 2.05) is 66.7 Å². The second kappa shape index (κ2) is 21.4. The molecule has 0 saturated carbocycles. The maximum Gasteiger partial charge on any atom is 0.238 e. The predicted octanol–water partition coefficient (Wildman–Crippen LogP) is 21.3. The zero-order chi connectivity index (χ0) is 61.8. The van der Waals surface area contributed by atoms with Gasteiger partial charge < -0.3 is 14.1 Å². The summed E-state index contributed by atoms with van der Waals surface area (Å²) in [6, 6.07) is 112. The number of rotatable bonds is 10. The third-order valence-corrected chi connectivity index (χ3v) is 18.7. The van der Waals surface area contributed by atoms with E-state index in [9.17, 15) is 0 Å². The largest absolute Gasteiger partial charge is 0.353 e. The molecule has 19 aromatic rings. The fourth-order valence-electron chi connectivity index (χ4n) is 14.2. The number of aromatic nitrogens is 9. The van der Waals surface area contributed by atoms with Gasteiger partial charge in [-0.2, -0.15) is 9.97 Å². The lowest BCUT2D eigenvalue weighted by Crippen LogP contribution is -2.06. The standard InChI is InChI=1S/C85H53N9/c1-4-19-55(20-5-1)73-52-74(88-84(87-73)61-26-18-25-59(49-61)54-39-42-62(43-40-54)92-75-32-15-11-28-65(75)66-29-12-16-33-76(66)92)56-37-35-53(36-38-56)60-41-47-78-70(50-60)69-46-45-68-64-27-10-14-31-72(64)86-80(68)81(69)93(78)63-44-48-79-71(51-63)67-30-13-17-34-77(67)94(79)85-90-82(57-21-6-2-7-22-57)89-83(91-85)58-23-8-3-9-24-58/h1-52,86H. The number of benzene rings is 13. The molecule has 0 saturated heterocycles. The van der Waals surface area contributed by atoms with Crippen LogP contribution in [0.1, 0.15) is 0 Å². The van der Waals surface area contributed by atoms with Gasteiger partial charge in [-0.05, 0) is 101 Å². The topological polar surface area (TPSA) is 95.0 Å². The Morgan fingerprint density at radius 3 is 1.32 bits per heavy atom. The van der Waals surface area contributed by atoms with E-state index in [2.05, 4.69) is 267 Å². The van der Waals surface area contributed by atoms with Gasteiger partial charge in [-0.25, -0.2) is 15.0 Å². The number of hydrogen-bond acceptors (Lipinski definition) is 5. The Labute approximate surface area is 539 Å². The van der Waals surface area contributed by atoms with E-state index in [0.717, 1.165) is 127 Å². The molecule has 6 heterocycles. The van der Waals surface area contributed by atoms with E-state index in [1.54, 1.807) is 0 Å². The van der Waals surface area contributed by atoms with Crippen molar-refractivity contribution in [3.8, 4) is 96.3 Å². The number of nitrogens with one attached hydrogen (secondary N) is 1. The van der Waals surface area contributed by atoms with Gasteiger partial charge in [0.2, 0.25) is 5.95 Å². The number of para-hydroxylation sites is 4. The summed E-state index contributed by atoms with van der Waals surface area (Å²) in [6.45, 7) is 0. The normalized spacial score (nSPS) is 11.8. The first-order valence-electron chi connectivity index (χ1n) is 31.7. The highest BCUT2D eigenvalue weighted by Crippen LogP contribution is 2.43. The summed E-state index contributed by atoms with van der Waals surface area (Å²) in [6.07, 6.45) is 0. The fraction of sp³-hybridized carbons (Fsp3) is 0. The van der Waals surface area contributed by atoms with E-state index in [1.165, 1.54) is 32.6 Å². The number of hydrogen-bond donors (Lipinski definition) is 1. The average Bonchev–Trinajstić information content (AvgIpc) is 1.56. The maximum absolute atomic E-state index is 5.34. The molecule has 19 rings (SSSR count). The van der Waals surface area contributed by atoms with Crippen LogP contribution < -0.4 is 0 Å². The summed E-state index contributed by atoms with van der Waals surface area (Å²) in [4.78, 5) is 30.0. The number of nitrogens with zero attached hydrogens (tertiary/aromatic N) is 8. The van der Waals surface area contributed by atoms with Crippen LogP contribution >= 0.6 is 0 Å². The van der Waals surface area contributed by atoms with E-state index < -0.39 is 0 Å². The van der Waals surface area contributed by atoms with Gasteiger partial charge in [0, 0.05) is 87.8 Å². The molecule has 0 aliphatic carbocycles. The van der Waals surface area contributed by atoms with Crippen molar-refractivity contribution in [1.29, 1.82) is 0 Å². The third-order valence-electron chi connectivity index (χ3n) is 18.7. The molecular formula is C85H53N9. The van der Waals surface area contributed by atoms with Crippen molar-refractivity contribution in [3.63, 3.8) is 0 Å². The van der Waals surface area contributed by atoms with Crippen LogP contribution in [0.4, 0.5) is 0 Å². The molecule has 0 radical (unpaired) electrons. The van der Waals surface area contributed by atoms with Gasteiger partial charge in [0.1, 0.15) is 0 Å². The molecule has 94 heavy (non-hydrogen) atoms. The van der Waals surface area contributed by atoms with Crippen LogP contribution in [-0.4, -0.2) is 43.6 Å². The molecule has 0 spiro atoms. The molecule has 0 bridgehead atoms. The molecule has 1 N–H and O–H groups in total. The molecule has 0 amide bonds. The molecule has 438 valence electrons. The first kappa shape index (κ1) is 53.0. The van der Waals surface area contributed by atoms with E-state index in [4.69, 9.17) is 24.9 Å². The van der Waals surface area contributed by atoms with E-state index in [0.29, 0.717) is 23.4 Å². The number of fused-ring (bicyclic) bond motifs is 13. The second-order valence-corrected chi connectivity index (χ2v) is 24.1. The smallest absolute Gasteiger partial charge is 0.238 e. The Morgan fingerprint density at radius 2 is 0.660 bits per heavy atom. The van der Waals surface area contributed by atoms with Crippen molar-refractivity contribution in [2.24, 2.45) is 0 Å². The summed E-state index contributed by atoms with van der Waals surface area (Å²) < 4.78 is 6.99. The van der Waals surface area contributed by atoms with Crippen LogP contribution in [-0.2, 0) is 0 Å². The van der Waals surface area contributed by atoms with E-state index in [-0.39, 0.29) is 0 Å². The SMILES string of the molecule is c1ccc(-c2cc(-c3ccc(-c4ccc5c(c4)c4ccc6c7ccccc7[nH]c6c4n5-c4ccc5c(c4)c4ccccc4n5-c4nc(-c5ccccc5)nc(-c5ccccc5)n4)cc3)nc(-c3cccc(-c4ccc(-n5c6ccccc6c6ccccc65)cc4)c3)n2)cc1. The highest BCUT2D eigenvalue weighted by atomic mass is 15.2. The molecule has 9 heteroatoms. The summed E-state index contributed by atoms with van der Waals surface area (Å²) in [5.41, 5.74) is 21.9. The zero-order valence-corrected chi connectivity index (χ0v) is 50.6. The molecular weight excluding hydrogens is 1150 g/mol. The van der Waals surface area contributed by atoms with Crippen LogP contribution in [0.15, 0.2) is 315 Å². The fourth-order valence-corrected chi connectivity index (χ4v) is 14.2. The van der Waals surface area contributed by atoms with Crippen molar-refractivity contribution >= 4 is 87.2 Å². The molecule has 9 nitrogen and oxygen atoms in total. The Morgan fingerprint density at radius 1 is 0.223 bits per heavy atom. The summed E-state index contributed by atoms with van der Waals surface area (Å²) in [7, 11) is 0. The molecule has 0 aliphatic rings. The quantitative estimate of drug-likeness (QED) is 0.147. The summed E-state index contributed by atoms with van der Waals surface area (Å²) in [5.74, 6) is 2.44. The molecule has 6 aromatic heterocycles. The maximum atomic E-state index is 5.34. The van der Waals surface area contributed by atoms with Gasteiger partial charge >= 0.3 is 0 Å². The lowest BCUT2D eigenvalue weighted by atomic mass is 9.99. The minimum Gasteiger partial charge on any atom is -0.353 e. The predicted molar refractivity (Wildman–Crippen MR) is 386 cm³/mol. The second-order valence-electron chi connectivity index (χ2n) is 24.1. The highest BCUT2D eigenvalue weighted by molar-refractivity contribution is 6.23. The van der Waals surface area contributed by atoms with Crippen molar-refractivity contribution in [1.82, 2.24) is 43.6 Å². The monoisotopic (exact) mass is 1200 g/mol. The van der Waals surface area contributed by atoms with Crippen LogP contribution in [0.2, 0.25) is 0 Å². The van der Waals surface area contributed by atoms with Crippen LogP contribution in [0.25, 0.3) is 183 Å². The number of H-pyrrole nitrogens is 1. The van der Waals surface area contributed by atoms with Gasteiger partial charge in [0.05, 0.1) is 50.0 Å². The highest BCUT2D eigenvalue weighted by Gasteiger charge is 2.23. The summed E-state index contributed by atoms with van der Waals surface area (Å²) in [5, 5.41) is 9.36. The zero-order valence-electron chi connectivity index (χ0n) is 50.6. The Hall–Kier alpha value is -12.9. The Balaban J connectivity index is 0.705. The van der Waals surface area contributed by atoms with Gasteiger partial charge in [0.15, 0.2) is 17.5 Å². The van der Waals surface area contributed by atoms with Crippen molar-refractivity contribution in [3.05, 3.63) is 315 Å². The molecule has 0 unspecified atom stereocenters. The lowest BCUT2D eigenvalue weighted by Gasteiger charge is -2.12. The van der Waals surface area contributed by atoms with Crippen molar-refractivity contribution in [2.45, 2.75) is 0 Å². The Kier molecular flexibility index (Phi) is 12.1. The minimum atomic E-state index is 0.555. The van der Waals surface area contributed by atoms with Crippen molar-refractivity contribution < 1.29 is 0 Å². The molecule has 0 aliphatic heterocycles. The molecule has 0 fully saturated rings. The first-order valence-corrected chi connectivity index (χ1v) is 31.7. The van der Waals surface area contributed by atoms with Crippen molar-refractivity contribution in [2.75, 3.05) is 0 Å². The van der Waals surface area contributed by atoms with Crippen LogP contribution in [0.5, 0.6) is 0 Å². The molecule has 0 atom stereocenters. The average molecular weight is 1200 g/mol. The number of aromatic amines is 1. The van der Waals surface area contributed by atoms with Gasteiger partial charge in [0.25, 0.3) is 0 Å². The van der Waals surface area contributed by atoms with Gasteiger partial charge in [-0.1, -0.05) is 237 Å².